The molecule has 3 rings (SSSR count). The number of piperidine rings is 2. The lowest BCUT2D eigenvalue weighted by Gasteiger charge is -2.29. The summed E-state index contributed by atoms with van der Waals surface area (Å²) in [4.78, 5) is 9.94. The van der Waals surface area contributed by atoms with Gasteiger partial charge in [-0.25, -0.2) is 0 Å². The predicted molar refractivity (Wildman–Crippen MR) is 82.8 cm³/mol. The molecule has 0 unspecified atom stereocenters. The van der Waals surface area contributed by atoms with Gasteiger partial charge in [-0.05, 0) is 71.0 Å². The van der Waals surface area contributed by atoms with E-state index in [0.29, 0.717) is 5.92 Å². The van der Waals surface area contributed by atoms with Crippen molar-refractivity contribution in [1.29, 1.82) is 0 Å². The zero-order valence-electron chi connectivity index (χ0n) is 12.7. The zero-order chi connectivity index (χ0) is 13.8. The van der Waals surface area contributed by atoms with Gasteiger partial charge in [0.15, 0.2) is 0 Å². The van der Waals surface area contributed by atoms with E-state index in [4.69, 9.17) is 4.98 Å². The molecule has 0 amide bonds. The first-order valence-corrected chi connectivity index (χ1v) is 8.18. The average Bonchev–Trinajstić information content (AvgIpc) is 2.49. The topological polar surface area (TPSA) is 19.4 Å². The van der Waals surface area contributed by atoms with Crippen molar-refractivity contribution < 1.29 is 0 Å². The average molecular weight is 273 g/mol. The van der Waals surface area contributed by atoms with Gasteiger partial charge in [0.05, 0.1) is 5.69 Å². The van der Waals surface area contributed by atoms with Gasteiger partial charge in [0.2, 0.25) is 0 Å². The second kappa shape index (κ2) is 6.68. The quantitative estimate of drug-likeness (QED) is 0.844. The summed E-state index contributed by atoms with van der Waals surface area (Å²) in [5.41, 5.74) is 2.59. The van der Waals surface area contributed by atoms with Crippen LogP contribution in [0, 0.1) is 0 Å². The first-order chi connectivity index (χ1) is 9.81. The molecule has 0 aromatic carbocycles. The summed E-state index contributed by atoms with van der Waals surface area (Å²) in [6, 6.07) is 6.64. The van der Waals surface area contributed by atoms with E-state index >= 15 is 0 Å². The maximum absolute atomic E-state index is 4.96. The van der Waals surface area contributed by atoms with Crippen LogP contribution in [0.15, 0.2) is 18.2 Å². The number of aromatic nitrogens is 1. The van der Waals surface area contributed by atoms with Crippen LogP contribution < -0.4 is 0 Å². The Balaban J connectivity index is 1.63. The molecule has 0 atom stereocenters. The summed E-state index contributed by atoms with van der Waals surface area (Å²) in [5, 5.41) is 0. The van der Waals surface area contributed by atoms with Crippen LogP contribution in [0.2, 0.25) is 0 Å². The molecule has 3 heteroatoms. The second-order valence-electron chi connectivity index (χ2n) is 6.47. The molecule has 0 N–H and O–H groups in total. The minimum Gasteiger partial charge on any atom is -0.306 e. The molecule has 3 heterocycles. The van der Waals surface area contributed by atoms with E-state index in [1.54, 1.807) is 0 Å². The van der Waals surface area contributed by atoms with Gasteiger partial charge in [0.25, 0.3) is 0 Å². The van der Waals surface area contributed by atoms with E-state index in [1.165, 1.54) is 69.7 Å². The Labute approximate surface area is 123 Å². The maximum Gasteiger partial charge on any atom is 0.0547 e. The molecule has 2 fully saturated rings. The molecule has 20 heavy (non-hydrogen) atoms. The second-order valence-corrected chi connectivity index (χ2v) is 6.47. The lowest BCUT2D eigenvalue weighted by molar-refractivity contribution is 0.217. The number of likely N-dealkylation sites (tertiary alicyclic amines) is 2. The molecular formula is C17H27N3. The van der Waals surface area contributed by atoms with Crippen LogP contribution in [-0.4, -0.2) is 48.0 Å². The molecule has 1 aromatic rings. The molecule has 110 valence electrons. The minimum absolute atomic E-state index is 0.674. The number of hydrogen-bond acceptors (Lipinski definition) is 3. The van der Waals surface area contributed by atoms with Crippen molar-refractivity contribution in [2.24, 2.45) is 0 Å². The van der Waals surface area contributed by atoms with Gasteiger partial charge < -0.3 is 4.90 Å². The lowest BCUT2D eigenvalue weighted by Crippen LogP contribution is -2.30. The van der Waals surface area contributed by atoms with Gasteiger partial charge in [-0.2, -0.15) is 0 Å². The van der Waals surface area contributed by atoms with Gasteiger partial charge in [-0.1, -0.05) is 12.5 Å². The number of pyridine rings is 1. The standard InChI is InChI=1S/C17H27N3/c1-19-12-8-15(9-13-19)17-7-5-6-16(18-17)14-20-10-3-2-4-11-20/h5-7,15H,2-4,8-14H2,1H3. The van der Waals surface area contributed by atoms with Crippen molar-refractivity contribution in [3.05, 3.63) is 29.6 Å². The molecule has 0 saturated carbocycles. The fourth-order valence-electron chi connectivity index (χ4n) is 3.46. The van der Waals surface area contributed by atoms with Crippen LogP contribution in [0.3, 0.4) is 0 Å². The Bertz CT molecular complexity index is 418. The molecule has 1 aromatic heterocycles. The highest BCUT2D eigenvalue weighted by Gasteiger charge is 2.20. The summed E-state index contributed by atoms with van der Waals surface area (Å²) in [7, 11) is 2.22. The van der Waals surface area contributed by atoms with Crippen molar-refractivity contribution in [3.8, 4) is 0 Å². The monoisotopic (exact) mass is 273 g/mol. The van der Waals surface area contributed by atoms with E-state index in [9.17, 15) is 0 Å². The molecule has 3 nitrogen and oxygen atoms in total. The van der Waals surface area contributed by atoms with Gasteiger partial charge in [-0.3, -0.25) is 9.88 Å². The molecule has 0 spiro atoms. The lowest BCUT2D eigenvalue weighted by atomic mass is 9.93. The van der Waals surface area contributed by atoms with Crippen LogP contribution in [0.5, 0.6) is 0 Å². The normalized spacial score (nSPS) is 23.1. The van der Waals surface area contributed by atoms with Crippen molar-refractivity contribution in [1.82, 2.24) is 14.8 Å². The largest absolute Gasteiger partial charge is 0.306 e. The Morgan fingerprint density at radius 1 is 1.05 bits per heavy atom. The van der Waals surface area contributed by atoms with E-state index in [2.05, 4.69) is 35.0 Å². The highest BCUT2D eigenvalue weighted by Crippen LogP contribution is 2.26. The smallest absolute Gasteiger partial charge is 0.0547 e. The van der Waals surface area contributed by atoms with Gasteiger partial charge in [0.1, 0.15) is 0 Å². The number of hydrogen-bond donors (Lipinski definition) is 0. The van der Waals surface area contributed by atoms with Crippen LogP contribution in [0.1, 0.15) is 49.4 Å². The van der Waals surface area contributed by atoms with E-state index in [0.717, 1.165) is 6.54 Å². The third-order valence-corrected chi connectivity index (χ3v) is 4.80. The molecule has 2 aliphatic rings. The van der Waals surface area contributed by atoms with Gasteiger partial charge in [-0.15, -0.1) is 0 Å². The van der Waals surface area contributed by atoms with Gasteiger partial charge in [0, 0.05) is 18.2 Å². The third kappa shape index (κ3) is 3.58. The summed E-state index contributed by atoms with van der Waals surface area (Å²) >= 11 is 0. The number of nitrogens with zero attached hydrogens (tertiary/aromatic N) is 3. The maximum atomic E-state index is 4.96. The van der Waals surface area contributed by atoms with Crippen LogP contribution in [-0.2, 0) is 6.54 Å². The predicted octanol–water partition coefficient (Wildman–Crippen LogP) is 2.88. The third-order valence-electron chi connectivity index (χ3n) is 4.80. The van der Waals surface area contributed by atoms with E-state index < -0.39 is 0 Å². The summed E-state index contributed by atoms with van der Waals surface area (Å²) in [6.45, 7) is 5.96. The highest BCUT2D eigenvalue weighted by molar-refractivity contribution is 5.15. The van der Waals surface area contributed by atoms with Crippen molar-refractivity contribution in [2.45, 2.75) is 44.6 Å². The first-order valence-electron chi connectivity index (χ1n) is 8.18. The summed E-state index contributed by atoms with van der Waals surface area (Å²) in [5.74, 6) is 0.674. The van der Waals surface area contributed by atoms with Crippen LogP contribution >= 0.6 is 0 Å². The minimum atomic E-state index is 0.674. The molecule has 0 radical (unpaired) electrons. The van der Waals surface area contributed by atoms with E-state index in [-0.39, 0.29) is 0 Å². The Morgan fingerprint density at radius 3 is 2.55 bits per heavy atom. The fraction of sp³-hybridized carbons (Fsp3) is 0.706. The Morgan fingerprint density at radius 2 is 1.80 bits per heavy atom. The molecule has 0 bridgehead atoms. The van der Waals surface area contributed by atoms with Crippen molar-refractivity contribution >= 4 is 0 Å². The van der Waals surface area contributed by atoms with Gasteiger partial charge >= 0.3 is 0 Å². The summed E-state index contributed by atoms with van der Waals surface area (Å²) in [6.07, 6.45) is 6.64. The van der Waals surface area contributed by atoms with Crippen LogP contribution in [0.25, 0.3) is 0 Å². The Hall–Kier alpha value is -0.930. The van der Waals surface area contributed by atoms with E-state index in [1.807, 2.05) is 0 Å². The van der Waals surface area contributed by atoms with Crippen LogP contribution in [0.4, 0.5) is 0 Å². The SMILES string of the molecule is CN1CCC(c2cccc(CN3CCCCC3)n2)CC1. The molecule has 2 aliphatic heterocycles. The first kappa shape index (κ1) is 14.0. The molecular weight excluding hydrogens is 246 g/mol. The Kier molecular flexibility index (Phi) is 4.69. The van der Waals surface area contributed by atoms with Crippen molar-refractivity contribution in [2.75, 3.05) is 33.2 Å². The summed E-state index contributed by atoms with van der Waals surface area (Å²) < 4.78 is 0. The molecule has 2 saturated heterocycles. The van der Waals surface area contributed by atoms with Crippen molar-refractivity contribution in [3.63, 3.8) is 0 Å². The fourth-order valence-corrected chi connectivity index (χ4v) is 3.46. The highest BCUT2D eigenvalue weighted by atomic mass is 15.1. The zero-order valence-corrected chi connectivity index (χ0v) is 12.7. The molecule has 0 aliphatic carbocycles. The number of rotatable bonds is 3.